The molecule has 0 bridgehead atoms. The molecule has 0 saturated carbocycles. The van der Waals surface area contributed by atoms with Gasteiger partial charge in [-0.25, -0.2) is 0 Å². The number of nitrogen functional groups attached to an aromatic ring is 1. The predicted molar refractivity (Wildman–Crippen MR) is 53.6 cm³/mol. The monoisotopic (exact) mass is 200 g/mol. The Morgan fingerprint density at radius 1 is 1.57 bits per heavy atom. The summed E-state index contributed by atoms with van der Waals surface area (Å²) >= 11 is 0. The molecule has 0 fully saturated rings. The summed E-state index contributed by atoms with van der Waals surface area (Å²) in [5, 5.41) is 10.3. The molecule has 0 aliphatic heterocycles. The minimum Gasteiger partial charge on any atom is -0.398 e. The van der Waals surface area contributed by atoms with Gasteiger partial charge in [0.15, 0.2) is 0 Å². The summed E-state index contributed by atoms with van der Waals surface area (Å²) in [5.74, 6) is -0.837. The SMILES string of the molecule is C.CCc1cc(F)c([N+](=O)[O-])cc1N. The highest BCUT2D eigenvalue weighted by Crippen LogP contribution is 2.24. The number of halogens is 1. The molecule has 78 valence electrons. The first-order valence-corrected chi connectivity index (χ1v) is 3.78. The molecule has 0 spiro atoms. The molecule has 1 aromatic rings. The lowest BCUT2D eigenvalue weighted by molar-refractivity contribution is -0.387. The van der Waals surface area contributed by atoms with E-state index < -0.39 is 16.4 Å². The van der Waals surface area contributed by atoms with Crippen molar-refractivity contribution in [2.45, 2.75) is 20.8 Å². The molecule has 0 aliphatic carbocycles. The van der Waals surface area contributed by atoms with Gasteiger partial charge < -0.3 is 5.73 Å². The van der Waals surface area contributed by atoms with Gasteiger partial charge in [0.2, 0.25) is 5.82 Å². The van der Waals surface area contributed by atoms with E-state index in [1.165, 1.54) is 0 Å². The number of nitro groups is 1. The summed E-state index contributed by atoms with van der Waals surface area (Å²) in [6.45, 7) is 1.80. The van der Waals surface area contributed by atoms with Crippen LogP contribution in [-0.2, 0) is 6.42 Å². The Labute approximate surface area is 81.7 Å². The van der Waals surface area contributed by atoms with Crippen LogP contribution < -0.4 is 5.73 Å². The van der Waals surface area contributed by atoms with Crippen LogP contribution >= 0.6 is 0 Å². The van der Waals surface area contributed by atoms with E-state index in [1.54, 1.807) is 6.92 Å². The Morgan fingerprint density at radius 2 is 2.14 bits per heavy atom. The summed E-state index contributed by atoms with van der Waals surface area (Å²) in [5.41, 5.74) is 5.74. The molecule has 0 radical (unpaired) electrons. The number of benzene rings is 1. The van der Waals surface area contributed by atoms with Gasteiger partial charge in [-0.05, 0) is 18.1 Å². The van der Waals surface area contributed by atoms with Crippen molar-refractivity contribution in [3.63, 3.8) is 0 Å². The van der Waals surface area contributed by atoms with E-state index in [2.05, 4.69) is 0 Å². The Balaban J connectivity index is 0.00000169. The fourth-order valence-corrected chi connectivity index (χ4v) is 1.07. The number of aryl methyl sites for hydroxylation is 1. The molecular weight excluding hydrogens is 187 g/mol. The number of hydrogen-bond acceptors (Lipinski definition) is 3. The van der Waals surface area contributed by atoms with E-state index in [4.69, 9.17) is 5.73 Å². The molecule has 0 amide bonds. The van der Waals surface area contributed by atoms with Crippen molar-refractivity contribution in [2.24, 2.45) is 0 Å². The van der Waals surface area contributed by atoms with Gasteiger partial charge >= 0.3 is 5.69 Å². The number of anilines is 1. The minimum absolute atomic E-state index is 0. The topological polar surface area (TPSA) is 69.2 Å². The van der Waals surface area contributed by atoms with E-state index in [0.717, 1.165) is 12.1 Å². The molecule has 1 aromatic carbocycles. The fourth-order valence-electron chi connectivity index (χ4n) is 1.07. The fraction of sp³-hybridized carbons (Fsp3) is 0.333. The highest BCUT2D eigenvalue weighted by Gasteiger charge is 2.15. The number of rotatable bonds is 2. The first kappa shape index (κ1) is 12.3. The summed E-state index contributed by atoms with van der Waals surface area (Å²) in [6.07, 6.45) is 0.556. The zero-order valence-electron chi connectivity index (χ0n) is 7.08. The predicted octanol–water partition coefficient (Wildman–Crippen LogP) is 2.51. The molecule has 5 heteroatoms. The van der Waals surface area contributed by atoms with Crippen molar-refractivity contribution in [1.29, 1.82) is 0 Å². The zero-order chi connectivity index (χ0) is 10.0. The first-order valence-electron chi connectivity index (χ1n) is 3.78. The average molecular weight is 200 g/mol. The van der Waals surface area contributed by atoms with Gasteiger partial charge in [-0.3, -0.25) is 10.1 Å². The van der Waals surface area contributed by atoms with Crippen LogP contribution in [0.3, 0.4) is 0 Å². The molecule has 0 aromatic heterocycles. The molecular formula is C9H13FN2O2. The lowest BCUT2D eigenvalue weighted by Gasteiger charge is -2.02. The Hall–Kier alpha value is -1.65. The largest absolute Gasteiger partial charge is 0.398 e. The zero-order valence-corrected chi connectivity index (χ0v) is 7.08. The van der Waals surface area contributed by atoms with Crippen LogP contribution in [0.25, 0.3) is 0 Å². The molecule has 0 atom stereocenters. The molecule has 14 heavy (non-hydrogen) atoms. The number of nitro benzene ring substituents is 1. The second-order valence-corrected chi connectivity index (χ2v) is 2.61. The van der Waals surface area contributed by atoms with Gasteiger partial charge in [0.25, 0.3) is 0 Å². The number of hydrogen-bond donors (Lipinski definition) is 1. The number of nitrogens with zero attached hydrogens (tertiary/aromatic N) is 1. The second-order valence-electron chi connectivity index (χ2n) is 2.61. The van der Waals surface area contributed by atoms with E-state index in [1.807, 2.05) is 0 Å². The molecule has 0 saturated heterocycles. The van der Waals surface area contributed by atoms with Gasteiger partial charge in [-0.1, -0.05) is 14.4 Å². The van der Waals surface area contributed by atoms with Crippen LogP contribution in [0, 0.1) is 15.9 Å². The van der Waals surface area contributed by atoms with Gasteiger partial charge in [0, 0.05) is 11.8 Å². The number of nitrogens with two attached hydrogens (primary N) is 1. The van der Waals surface area contributed by atoms with Gasteiger partial charge in [0.05, 0.1) is 4.92 Å². The van der Waals surface area contributed by atoms with Crippen molar-refractivity contribution >= 4 is 11.4 Å². The molecule has 1 rings (SSSR count). The average Bonchev–Trinajstić information content (AvgIpc) is 2.07. The van der Waals surface area contributed by atoms with Crippen LogP contribution in [0.2, 0.25) is 0 Å². The highest BCUT2D eigenvalue weighted by molar-refractivity contribution is 5.54. The molecule has 4 nitrogen and oxygen atoms in total. The molecule has 2 N–H and O–H groups in total. The lowest BCUT2D eigenvalue weighted by Crippen LogP contribution is -1.99. The summed E-state index contributed by atoms with van der Waals surface area (Å²) in [7, 11) is 0. The van der Waals surface area contributed by atoms with Crippen molar-refractivity contribution in [2.75, 3.05) is 5.73 Å². The maximum atomic E-state index is 13.0. The van der Waals surface area contributed by atoms with E-state index in [-0.39, 0.29) is 13.1 Å². The summed E-state index contributed by atoms with van der Waals surface area (Å²) < 4.78 is 13.0. The third-order valence-corrected chi connectivity index (χ3v) is 1.79. The Kier molecular flexibility index (Phi) is 4.01. The quantitative estimate of drug-likeness (QED) is 0.453. The third-order valence-electron chi connectivity index (χ3n) is 1.79. The molecule has 0 aliphatic rings. The maximum Gasteiger partial charge on any atom is 0.306 e. The van der Waals surface area contributed by atoms with Crippen LogP contribution in [0.1, 0.15) is 19.9 Å². The maximum absolute atomic E-state index is 13.0. The normalized spacial score (nSPS) is 9.29. The van der Waals surface area contributed by atoms with Gasteiger partial charge in [-0.2, -0.15) is 4.39 Å². The molecule has 0 unspecified atom stereocenters. The standard InChI is InChI=1S/C8H9FN2O2.CH4/c1-2-5-3-6(9)8(11(12)13)4-7(5)10;/h3-4H,2,10H2,1H3;1H4. The van der Waals surface area contributed by atoms with Crippen LogP contribution in [0.5, 0.6) is 0 Å². The van der Waals surface area contributed by atoms with Crippen molar-refractivity contribution in [1.82, 2.24) is 0 Å². The van der Waals surface area contributed by atoms with E-state index >= 15 is 0 Å². The van der Waals surface area contributed by atoms with Gasteiger partial charge in [-0.15, -0.1) is 0 Å². The minimum atomic E-state index is -0.837. The third kappa shape index (κ3) is 2.18. The van der Waals surface area contributed by atoms with E-state index in [9.17, 15) is 14.5 Å². The van der Waals surface area contributed by atoms with Crippen LogP contribution in [0.15, 0.2) is 12.1 Å². The summed E-state index contributed by atoms with van der Waals surface area (Å²) in [6, 6.07) is 2.15. The van der Waals surface area contributed by atoms with Crippen LogP contribution in [-0.4, -0.2) is 4.92 Å². The van der Waals surface area contributed by atoms with Crippen molar-refractivity contribution < 1.29 is 9.31 Å². The molecule has 0 heterocycles. The first-order chi connectivity index (χ1) is 6.06. The Morgan fingerprint density at radius 3 is 2.57 bits per heavy atom. The second kappa shape index (κ2) is 4.55. The van der Waals surface area contributed by atoms with Crippen molar-refractivity contribution in [3.8, 4) is 0 Å². The van der Waals surface area contributed by atoms with Crippen LogP contribution in [0.4, 0.5) is 15.8 Å². The smallest absolute Gasteiger partial charge is 0.306 e. The van der Waals surface area contributed by atoms with Gasteiger partial charge in [0.1, 0.15) is 0 Å². The van der Waals surface area contributed by atoms with E-state index in [0.29, 0.717) is 12.0 Å². The lowest BCUT2D eigenvalue weighted by atomic mass is 10.1. The van der Waals surface area contributed by atoms with Crippen molar-refractivity contribution in [3.05, 3.63) is 33.6 Å². The summed E-state index contributed by atoms with van der Waals surface area (Å²) in [4.78, 5) is 9.50. The Bertz CT molecular complexity index is 353. The highest BCUT2D eigenvalue weighted by atomic mass is 19.1.